The molecular weight excluding hydrogens is 330 g/mol. The monoisotopic (exact) mass is 343 g/mol. The van der Waals surface area contributed by atoms with Crippen LogP contribution < -0.4 is 5.32 Å². The van der Waals surface area contributed by atoms with Gasteiger partial charge >= 0.3 is 12.1 Å². The van der Waals surface area contributed by atoms with Crippen LogP contribution in [-0.4, -0.2) is 33.7 Å². The van der Waals surface area contributed by atoms with E-state index in [0.29, 0.717) is 11.5 Å². The Morgan fingerprint density at radius 1 is 1.12 bits per heavy atom. The zero-order chi connectivity index (χ0) is 17.1. The summed E-state index contributed by atoms with van der Waals surface area (Å²) in [7, 11) is 1.29. The number of anilines is 1. The van der Waals surface area contributed by atoms with Crippen molar-refractivity contribution in [3.05, 3.63) is 54.4 Å². The van der Waals surface area contributed by atoms with E-state index in [0.717, 1.165) is 9.79 Å². The van der Waals surface area contributed by atoms with Crippen molar-refractivity contribution in [1.82, 2.24) is 9.38 Å². The van der Waals surface area contributed by atoms with Gasteiger partial charge in [-0.2, -0.15) is 0 Å². The van der Waals surface area contributed by atoms with Crippen molar-refractivity contribution >= 4 is 35.3 Å². The third-order valence-electron chi connectivity index (χ3n) is 3.18. The Morgan fingerprint density at radius 3 is 2.50 bits per heavy atom. The first kappa shape index (κ1) is 15.9. The number of carboxylic acids is 1. The lowest BCUT2D eigenvalue weighted by Gasteiger charge is -2.03. The zero-order valence-corrected chi connectivity index (χ0v) is 13.4. The van der Waals surface area contributed by atoms with Gasteiger partial charge in [0.25, 0.3) is 0 Å². The third-order valence-corrected chi connectivity index (χ3v) is 4.16. The molecule has 0 aliphatic rings. The van der Waals surface area contributed by atoms with Gasteiger partial charge in [0.2, 0.25) is 0 Å². The van der Waals surface area contributed by atoms with Gasteiger partial charge in [-0.3, -0.25) is 5.32 Å². The van der Waals surface area contributed by atoms with Gasteiger partial charge in [-0.1, -0.05) is 11.8 Å². The van der Waals surface area contributed by atoms with Crippen molar-refractivity contribution in [2.45, 2.75) is 9.79 Å². The maximum atomic E-state index is 11.2. The molecule has 0 saturated heterocycles. The fourth-order valence-electron chi connectivity index (χ4n) is 2.05. The number of ether oxygens (including phenoxy) is 1. The molecule has 2 N–H and O–H groups in total. The number of benzene rings is 1. The van der Waals surface area contributed by atoms with Gasteiger partial charge in [-0.05, 0) is 36.4 Å². The molecule has 0 aliphatic carbocycles. The number of carbonyl (C=O) groups is 2. The van der Waals surface area contributed by atoms with Crippen LogP contribution in [0, 0.1) is 0 Å². The van der Waals surface area contributed by atoms with E-state index in [1.807, 2.05) is 18.3 Å². The number of hydrogen-bond donors (Lipinski definition) is 2. The number of nitrogens with one attached hydrogen (secondary N) is 1. The average molecular weight is 343 g/mol. The number of pyridine rings is 1. The summed E-state index contributed by atoms with van der Waals surface area (Å²) in [5.41, 5.74) is 0.940. The second-order valence-electron chi connectivity index (χ2n) is 4.80. The summed E-state index contributed by atoms with van der Waals surface area (Å²) in [6, 6.07) is 10.4. The Kier molecular flexibility index (Phi) is 4.39. The molecule has 1 aromatic carbocycles. The first-order chi connectivity index (χ1) is 11.5. The number of imidazole rings is 1. The number of carboxylic acid groups (broad SMARTS) is 1. The minimum absolute atomic E-state index is 0.253. The minimum Gasteiger partial charge on any atom is -0.478 e. The lowest BCUT2D eigenvalue weighted by Crippen LogP contribution is -2.10. The lowest BCUT2D eigenvalue weighted by atomic mass is 10.2. The molecule has 2 aromatic heterocycles. The highest BCUT2D eigenvalue weighted by Gasteiger charge is 2.07. The van der Waals surface area contributed by atoms with Gasteiger partial charge in [0.1, 0.15) is 5.65 Å². The summed E-state index contributed by atoms with van der Waals surface area (Å²) >= 11 is 1.50. The van der Waals surface area contributed by atoms with Gasteiger partial charge in [0, 0.05) is 16.0 Å². The van der Waals surface area contributed by atoms with Gasteiger partial charge < -0.3 is 14.2 Å². The Balaban J connectivity index is 1.79. The van der Waals surface area contributed by atoms with Crippen LogP contribution in [0.15, 0.2) is 58.6 Å². The van der Waals surface area contributed by atoms with Gasteiger partial charge in [-0.25, -0.2) is 14.6 Å². The molecular formula is C16H13N3O4S. The number of rotatable bonds is 4. The van der Waals surface area contributed by atoms with Crippen molar-refractivity contribution in [2.75, 3.05) is 12.4 Å². The minimum atomic E-state index is -0.947. The number of methoxy groups -OCH3 is 1. The van der Waals surface area contributed by atoms with E-state index in [1.165, 1.54) is 18.9 Å². The fraction of sp³-hybridized carbons (Fsp3) is 0.0625. The molecule has 0 spiro atoms. The van der Waals surface area contributed by atoms with E-state index in [2.05, 4.69) is 15.0 Å². The van der Waals surface area contributed by atoms with Crippen LogP contribution in [0.2, 0.25) is 0 Å². The van der Waals surface area contributed by atoms with Crippen LogP contribution in [0.1, 0.15) is 10.4 Å². The van der Waals surface area contributed by atoms with Crippen LogP contribution in [0.4, 0.5) is 10.6 Å². The molecule has 1 amide bonds. The van der Waals surface area contributed by atoms with E-state index >= 15 is 0 Å². The number of hydrogen-bond acceptors (Lipinski definition) is 5. The summed E-state index contributed by atoms with van der Waals surface area (Å²) in [6.07, 6.45) is 2.98. The molecule has 3 aromatic rings. The summed E-state index contributed by atoms with van der Waals surface area (Å²) < 4.78 is 6.33. The lowest BCUT2D eigenvalue weighted by molar-refractivity contribution is 0.0696. The Bertz CT molecular complexity index is 905. The molecule has 7 nitrogen and oxygen atoms in total. The molecule has 0 saturated carbocycles. The first-order valence-electron chi connectivity index (χ1n) is 6.90. The molecule has 0 fully saturated rings. The average Bonchev–Trinajstić information content (AvgIpc) is 2.96. The predicted molar refractivity (Wildman–Crippen MR) is 88.7 cm³/mol. The highest BCUT2D eigenvalue weighted by Crippen LogP contribution is 2.28. The number of aromatic carboxylic acids is 1. The molecule has 122 valence electrons. The molecule has 0 aliphatic heterocycles. The largest absolute Gasteiger partial charge is 0.478 e. The Labute approximate surface area is 141 Å². The first-order valence-corrected chi connectivity index (χ1v) is 7.72. The third kappa shape index (κ3) is 3.49. The molecule has 8 heteroatoms. The Morgan fingerprint density at radius 2 is 1.83 bits per heavy atom. The van der Waals surface area contributed by atoms with Gasteiger partial charge in [0.05, 0.1) is 18.9 Å². The van der Waals surface area contributed by atoms with Gasteiger partial charge in [-0.15, -0.1) is 0 Å². The fourth-order valence-corrected chi connectivity index (χ4v) is 2.90. The number of aromatic nitrogens is 2. The highest BCUT2D eigenvalue weighted by molar-refractivity contribution is 7.99. The van der Waals surface area contributed by atoms with Crippen LogP contribution in [-0.2, 0) is 4.74 Å². The SMILES string of the molecule is COC(=O)Nc1cn2cc(Sc3ccc(C(=O)O)cc3)ccc2n1. The molecule has 3 rings (SSSR count). The number of amides is 1. The van der Waals surface area contributed by atoms with E-state index in [4.69, 9.17) is 5.11 Å². The molecule has 0 unspecified atom stereocenters. The van der Waals surface area contributed by atoms with E-state index in [9.17, 15) is 9.59 Å². The van der Waals surface area contributed by atoms with Gasteiger partial charge in [0.15, 0.2) is 5.82 Å². The summed E-state index contributed by atoms with van der Waals surface area (Å²) in [4.78, 5) is 28.2. The number of nitrogens with zero attached hydrogens (tertiary/aromatic N) is 2. The normalized spacial score (nSPS) is 10.5. The number of fused-ring (bicyclic) bond motifs is 1. The van der Waals surface area contributed by atoms with Crippen molar-refractivity contribution in [1.29, 1.82) is 0 Å². The predicted octanol–water partition coefficient (Wildman–Crippen LogP) is 3.36. The smallest absolute Gasteiger partial charge is 0.412 e. The van der Waals surface area contributed by atoms with E-state index < -0.39 is 12.1 Å². The summed E-state index contributed by atoms with van der Waals surface area (Å²) in [5.74, 6) is -0.549. The zero-order valence-electron chi connectivity index (χ0n) is 12.6. The molecule has 0 radical (unpaired) electrons. The molecule has 0 bridgehead atoms. The van der Waals surface area contributed by atoms with E-state index in [-0.39, 0.29) is 5.56 Å². The molecule has 24 heavy (non-hydrogen) atoms. The quantitative estimate of drug-likeness (QED) is 0.754. The van der Waals surface area contributed by atoms with Crippen LogP contribution in [0.25, 0.3) is 5.65 Å². The molecule has 0 atom stereocenters. The van der Waals surface area contributed by atoms with E-state index in [1.54, 1.807) is 34.9 Å². The second kappa shape index (κ2) is 6.63. The van der Waals surface area contributed by atoms with Crippen molar-refractivity contribution in [3.8, 4) is 0 Å². The maximum absolute atomic E-state index is 11.2. The topological polar surface area (TPSA) is 92.9 Å². The Hall–Kier alpha value is -3.00. The molecule has 2 heterocycles. The second-order valence-corrected chi connectivity index (χ2v) is 5.95. The highest BCUT2D eigenvalue weighted by atomic mass is 32.2. The standard InChI is InChI=1S/C16H13N3O4S/c1-23-16(22)18-13-9-19-8-12(6-7-14(19)17-13)24-11-4-2-10(3-5-11)15(20)21/h2-9H,1H3,(H,18,22)(H,20,21). The van der Waals surface area contributed by atoms with Crippen molar-refractivity contribution in [3.63, 3.8) is 0 Å². The van der Waals surface area contributed by atoms with Crippen LogP contribution >= 0.6 is 11.8 Å². The van der Waals surface area contributed by atoms with Crippen LogP contribution in [0.5, 0.6) is 0 Å². The number of carbonyl (C=O) groups excluding carboxylic acids is 1. The van der Waals surface area contributed by atoms with Crippen LogP contribution in [0.3, 0.4) is 0 Å². The maximum Gasteiger partial charge on any atom is 0.412 e. The summed E-state index contributed by atoms with van der Waals surface area (Å²) in [5, 5.41) is 11.4. The van der Waals surface area contributed by atoms with Crippen molar-refractivity contribution in [2.24, 2.45) is 0 Å². The van der Waals surface area contributed by atoms with Crippen molar-refractivity contribution < 1.29 is 19.4 Å². The summed E-state index contributed by atoms with van der Waals surface area (Å²) in [6.45, 7) is 0.